The second kappa shape index (κ2) is 2.76. The Kier molecular flexibility index (Phi) is 2.56. The molecule has 0 radical (unpaired) electrons. The van der Waals surface area contributed by atoms with E-state index in [-0.39, 0.29) is 0 Å². The zero-order valence-electron chi connectivity index (χ0n) is 4.71. The number of amides is 1. The van der Waals surface area contributed by atoms with Gasteiger partial charge in [-0.1, -0.05) is 0 Å². The molecule has 7 heteroatoms. The highest BCUT2D eigenvalue weighted by Gasteiger charge is 1.98. The summed E-state index contributed by atoms with van der Waals surface area (Å²) in [4.78, 5) is 11.6. The molecule has 0 fully saturated rings. The monoisotopic (exact) mass is 153 g/mol. The van der Waals surface area contributed by atoms with Crippen molar-refractivity contribution in [3.05, 3.63) is 0 Å². The van der Waals surface area contributed by atoms with Crippen LogP contribution in [0, 0.1) is 0 Å². The van der Waals surface area contributed by atoms with Gasteiger partial charge in [-0.05, 0) is 0 Å². The van der Waals surface area contributed by atoms with E-state index in [1.165, 1.54) is 0 Å². The maximum absolute atomic E-state index is 10.00. The number of nitrogens with two attached hydrogens (primary N) is 1. The molecule has 0 bridgehead atoms. The van der Waals surface area contributed by atoms with Crippen molar-refractivity contribution in [1.82, 2.24) is 10.3 Å². The van der Waals surface area contributed by atoms with E-state index in [9.17, 15) is 13.2 Å². The van der Waals surface area contributed by atoms with Crippen LogP contribution in [0.1, 0.15) is 6.92 Å². The van der Waals surface area contributed by atoms with Gasteiger partial charge in [-0.2, -0.15) is 8.42 Å². The molecular formula is C2H7N3O3S. The van der Waals surface area contributed by atoms with Crippen molar-refractivity contribution >= 4 is 16.1 Å². The van der Waals surface area contributed by atoms with E-state index in [4.69, 9.17) is 0 Å². The van der Waals surface area contributed by atoms with E-state index in [0.717, 1.165) is 6.92 Å². The van der Waals surface area contributed by atoms with Gasteiger partial charge in [-0.3, -0.25) is 10.2 Å². The summed E-state index contributed by atoms with van der Waals surface area (Å²) in [5.74, 6) is -0.524. The van der Waals surface area contributed by atoms with Gasteiger partial charge >= 0.3 is 0 Å². The van der Waals surface area contributed by atoms with Gasteiger partial charge in [0.15, 0.2) is 0 Å². The number of hydrazine groups is 1. The molecule has 0 aromatic rings. The summed E-state index contributed by atoms with van der Waals surface area (Å²) >= 11 is 0. The molecule has 0 spiro atoms. The fraction of sp³-hybridized carbons (Fsp3) is 0.500. The van der Waals surface area contributed by atoms with Crippen LogP contribution < -0.4 is 15.4 Å². The van der Waals surface area contributed by atoms with E-state index >= 15 is 0 Å². The SMILES string of the molecule is CC(=O)NNS(N)(=O)=O. The molecule has 0 aromatic carbocycles. The van der Waals surface area contributed by atoms with Crippen LogP contribution in [0.25, 0.3) is 0 Å². The average molecular weight is 153 g/mol. The standard InChI is InChI=1S/C2H7N3O3S/c1-2(6)4-5-9(3,7)8/h5H,1H3,(H,4,6)(H2,3,7,8). The fourth-order valence-electron chi connectivity index (χ4n) is 0.143. The number of carbonyl (C=O) groups excluding carboxylic acids is 1. The lowest BCUT2D eigenvalue weighted by molar-refractivity contribution is -0.119. The summed E-state index contributed by atoms with van der Waals surface area (Å²) in [6.45, 7) is 1.15. The van der Waals surface area contributed by atoms with Gasteiger partial charge in [0.1, 0.15) is 0 Å². The molecule has 0 saturated carbocycles. The molecule has 0 aromatic heterocycles. The van der Waals surface area contributed by atoms with Crippen LogP contribution in [0.15, 0.2) is 0 Å². The van der Waals surface area contributed by atoms with E-state index < -0.39 is 16.1 Å². The topological polar surface area (TPSA) is 101 Å². The zero-order valence-corrected chi connectivity index (χ0v) is 5.53. The molecule has 0 aliphatic carbocycles. The Labute approximate surface area is 52.6 Å². The number of hydrogen-bond acceptors (Lipinski definition) is 3. The predicted octanol–water partition coefficient (Wildman–Crippen LogP) is -2.17. The van der Waals surface area contributed by atoms with Gasteiger partial charge in [0.25, 0.3) is 10.2 Å². The fourth-order valence-corrected chi connectivity index (χ4v) is 0.429. The lowest BCUT2D eigenvalue weighted by Gasteiger charge is -1.98. The summed E-state index contributed by atoms with van der Waals surface area (Å²) < 4.78 is 20.0. The number of rotatable bonds is 2. The van der Waals surface area contributed by atoms with Crippen molar-refractivity contribution in [2.45, 2.75) is 6.92 Å². The second-order valence-electron chi connectivity index (χ2n) is 1.33. The van der Waals surface area contributed by atoms with Crippen LogP contribution in [0.5, 0.6) is 0 Å². The lowest BCUT2D eigenvalue weighted by Crippen LogP contribution is -2.43. The Morgan fingerprint density at radius 1 is 1.56 bits per heavy atom. The molecule has 0 saturated heterocycles. The third-order valence-corrected chi connectivity index (χ3v) is 0.756. The Balaban J connectivity index is 3.67. The smallest absolute Gasteiger partial charge is 0.277 e. The highest BCUT2D eigenvalue weighted by Crippen LogP contribution is 1.59. The zero-order chi connectivity index (χ0) is 7.49. The maximum atomic E-state index is 10.00. The first-order valence-electron chi connectivity index (χ1n) is 1.98. The molecular weight excluding hydrogens is 146 g/mol. The van der Waals surface area contributed by atoms with Crippen LogP contribution in [-0.4, -0.2) is 14.3 Å². The molecule has 0 aliphatic rings. The summed E-state index contributed by atoms with van der Waals surface area (Å²) in [5, 5.41) is 4.43. The highest BCUT2D eigenvalue weighted by molar-refractivity contribution is 7.87. The lowest BCUT2D eigenvalue weighted by atomic mass is 10.8. The van der Waals surface area contributed by atoms with Gasteiger partial charge < -0.3 is 0 Å². The van der Waals surface area contributed by atoms with Crippen LogP contribution in [0.3, 0.4) is 0 Å². The molecule has 54 valence electrons. The summed E-state index contributed by atoms with van der Waals surface area (Å²) in [6.07, 6.45) is 0. The van der Waals surface area contributed by atoms with Crippen molar-refractivity contribution in [3.63, 3.8) is 0 Å². The molecule has 0 heterocycles. The van der Waals surface area contributed by atoms with Gasteiger partial charge in [-0.25, -0.2) is 5.14 Å². The van der Waals surface area contributed by atoms with E-state index in [1.807, 2.05) is 0 Å². The van der Waals surface area contributed by atoms with Crippen LogP contribution in [0.2, 0.25) is 0 Å². The first kappa shape index (κ1) is 8.34. The van der Waals surface area contributed by atoms with Crippen molar-refractivity contribution in [2.75, 3.05) is 0 Å². The molecule has 9 heavy (non-hydrogen) atoms. The molecule has 0 unspecified atom stereocenters. The van der Waals surface area contributed by atoms with E-state index in [2.05, 4.69) is 5.14 Å². The largest absolute Gasteiger partial charge is 0.291 e. The first-order valence-corrected chi connectivity index (χ1v) is 3.52. The van der Waals surface area contributed by atoms with Gasteiger partial charge in [0.2, 0.25) is 5.91 Å². The Morgan fingerprint density at radius 2 is 2.00 bits per heavy atom. The third-order valence-electron chi connectivity index (χ3n) is 0.369. The third kappa shape index (κ3) is 7.34. The van der Waals surface area contributed by atoms with Crippen LogP contribution in [0.4, 0.5) is 0 Å². The average Bonchev–Trinajstić information content (AvgIpc) is 1.59. The van der Waals surface area contributed by atoms with Crippen molar-refractivity contribution in [2.24, 2.45) is 5.14 Å². The predicted molar refractivity (Wildman–Crippen MR) is 30.1 cm³/mol. The first-order chi connectivity index (χ1) is 3.92. The Morgan fingerprint density at radius 3 is 2.11 bits per heavy atom. The van der Waals surface area contributed by atoms with Crippen LogP contribution >= 0.6 is 0 Å². The van der Waals surface area contributed by atoms with Crippen molar-refractivity contribution in [1.29, 1.82) is 0 Å². The summed E-state index contributed by atoms with van der Waals surface area (Å²) in [5.41, 5.74) is 1.78. The molecule has 4 N–H and O–H groups in total. The van der Waals surface area contributed by atoms with Gasteiger partial charge in [-0.15, -0.1) is 4.83 Å². The maximum Gasteiger partial charge on any atom is 0.291 e. The van der Waals surface area contributed by atoms with Gasteiger partial charge in [0.05, 0.1) is 0 Å². The van der Waals surface area contributed by atoms with E-state index in [0.29, 0.717) is 0 Å². The Hall–Kier alpha value is -0.660. The number of carbonyl (C=O) groups is 1. The highest BCUT2D eigenvalue weighted by atomic mass is 32.2. The van der Waals surface area contributed by atoms with Crippen LogP contribution in [-0.2, 0) is 15.0 Å². The molecule has 0 atom stereocenters. The summed E-state index contributed by atoms with van der Waals surface area (Å²) in [6, 6.07) is 0. The van der Waals surface area contributed by atoms with Gasteiger partial charge in [0, 0.05) is 6.92 Å². The van der Waals surface area contributed by atoms with E-state index in [1.54, 1.807) is 10.3 Å². The minimum Gasteiger partial charge on any atom is -0.277 e. The Bertz CT molecular complexity index is 195. The minimum atomic E-state index is -3.80. The minimum absolute atomic E-state index is 0.524. The second-order valence-corrected chi connectivity index (χ2v) is 2.62. The molecule has 0 aliphatic heterocycles. The van der Waals surface area contributed by atoms with Crippen molar-refractivity contribution in [3.8, 4) is 0 Å². The quantitative estimate of drug-likeness (QED) is 0.393. The number of nitrogens with one attached hydrogen (secondary N) is 2. The molecule has 0 rings (SSSR count). The molecule has 6 nitrogen and oxygen atoms in total. The summed E-state index contributed by atoms with van der Waals surface area (Å²) in [7, 11) is -3.80. The normalized spacial score (nSPS) is 10.9. The van der Waals surface area contributed by atoms with Crippen molar-refractivity contribution < 1.29 is 13.2 Å². The molecule has 1 amide bonds. The number of hydrogen-bond donors (Lipinski definition) is 3.